The van der Waals surface area contributed by atoms with Gasteiger partial charge >= 0.3 is 12.1 Å². The Labute approximate surface area is 156 Å². The molecule has 0 heterocycles. The lowest BCUT2D eigenvalue weighted by Gasteiger charge is -2.27. The van der Waals surface area contributed by atoms with E-state index in [1.807, 2.05) is 30.3 Å². The van der Waals surface area contributed by atoms with Crippen LogP contribution in [0.25, 0.3) is 0 Å². The molecular weight excluding hydrogens is 332 g/mol. The zero-order valence-corrected chi connectivity index (χ0v) is 16.0. The molecule has 0 radical (unpaired) electrons. The first-order valence-electron chi connectivity index (χ1n) is 9.15. The third-order valence-electron chi connectivity index (χ3n) is 4.24. The molecule has 26 heavy (non-hydrogen) atoms. The Morgan fingerprint density at radius 3 is 2.19 bits per heavy atom. The molecule has 146 valence electrons. The van der Waals surface area contributed by atoms with Crippen LogP contribution in [0.2, 0.25) is 0 Å². The van der Waals surface area contributed by atoms with Crippen molar-refractivity contribution >= 4 is 12.1 Å². The largest absolute Gasteiger partial charge is 0.480 e. The number of carboxylic acids is 1. The van der Waals surface area contributed by atoms with Crippen molar-refractivity contribution in [3.05, 3.63) is 35.9 Å². The maximum atomic E-state index is 11.6. The first-order chi connectivity index (χ1) is 12.2. The zero-order valence-electron chi connectivity index (χ0n) is 16.0. The van der Waals surface area contributed by atoms with Crippen LogP contribution >= 0.6 is 0 Å². The molecule has 1 fully saturated rings. The molecule has 1 saturated carbocycles. The topological polar surface area (TPSA) is 102 Å². The predicted octanol–water partition coefficient (Wildman–Crippen LogP) is 3.69. The van der Waals surface area contributed by atoms with Gasteiger partial charge in [0.05, 0.1) is 0 Å². The molecule has 1 aromatic carbocycles. The highest BCUT2D eigenvalue weighted by molar-refractivity contribution is 5.80. The number of carbonyl (C=O) groups is 2. The van der Waals surface area contributed by atoms with E-state index in [1.54, 1.807) is 20.8 Å². The maximum absolute atomic E-state index is 11.6. The van der Waals surface area contributed by atoms with Gasteiger partial charge in [0.2, 0.25) is 0 Å². The molecule has 6 nitrogen and oxygen atoms in total. The van der Waals surface area contributed by atoms with Crippen LogP contribution < -0.4 is 11.1 Å². The van der Waals surface area contributed by atoms with Crippen LogP contribution in [0.5, 0.6) is 0 Å². The van der Waals surface area contributed by atoms with Gasteiger partial charge in [-0.05, 0) is 23.8 Å². The lowest BCUT2D eigenvalue weighted by Crippen LogP contribution is -2.49. The monoisotopic (exact) mass is 364 g/mol. The van der Waals surface area contributed by atoms with Crippen molar-refractivity contribution in [1.82, 2.24) is 5.32 Å². The van der Waals surface area contributed by atoms with Gasteiger partial charge in [0, 0.05) is 6.04 Å². The summed E-state index contributed by atoms with van der Waals surface area (Å²) in [6.07, 6.45) is 5.93. The van der Waals surface area contributed by atoms with Gasteiger partial charge in [0.25, 0.3) is 0 Å². The Morgan fingerprint density at radius 2 is 1.77 bits per heavy atom. The van der Waals surface area contributed by atoms with Gasteiger partial charge in [-0.25, -0.2) is 9.59 Å². The quantitative estimate of drug-likeness (QED) is 0.756. The Balaban J connectivity index is 0.000000401. The Hall–Kier alpha value is -2.08. The summed E-state index contributed by atoms with van der Waals surface area (Å²) < 4.78 is 4.99. The number of carboxylic acid groups (broad SMARTS) is 1. The summed E-state index contributed by atoms with van der Waals surface area (Å²) in [6.45, 7) is 5.33. The number of nitrogens with one attached hydrogen (secondary N) is 1. The van der Waals surface area contributed by atoms with Gasteiger partial charge in [0.1, 0.15) is 12.6 Å². The molecule has 0 aromatic heterocycles. The standard InChI is InChI=1S/C14H19NO4.C6H13N/c1-14(2,3)11(12(16)17)15-13(18)19-9-10-7-5-4-6-8-10;7-6-4-2-1-3-5-6/h4-8,11H,9H2,1-3H3,(H,15,18)(H,16,17);6H,1-5,7H2/t11-;/m0./s1. The molecular formula is C20H32N2O4. The van der Waals surface area contributed by atoms with Gasteiger partial charge in [-0.3, -0.25) is 0 Å². The van der Waals surface area contributed by atoms with Gasteiger partial charge in [-0.1, -0.05) is 70.4 Å². The first-order valence-corrected chi connectivity index (χ1v) is 9.15. The van der Waals surface area contributed by atoms with Gasteiger partial charge in [-0.2, -0.15) is 0 Å². The minimum absolute atomic E-state index is 0.114. The van der Waals surface area contributed by atoms with Crippen LogP contribution in [-0.2, 0) is 16.1 Å². The van der Waals surface area contributed by atoms with Crippen LogP contribution in [0.15, 0.2) is 30.3 Å². The van der Waals surface area contributed by atoms with Crippen LogP contribution in [0.4, 0.5) is 4.79 Å². The fraction of sp³-hybridized carbons (Fsp3) is 0.600. The summed E-state index contributed by atoms with van der Waals surface area (Å²) in [7, 11) is 0. The minimum atomic E-state index is -1.08. The molecule has 4 N–H and O–H groups in total. The molecule has 6 heteroatoms. The summed E-state index contributed by atoms with van der Waals surface area (Å²) in [5.74, 6) is -1.08. The van der Waals surface area contributed by atoms with E-state index in [0.29, 0.717) is 6.04 Å². The van der Waals surface area contributed by atoms with Gasteiger partial charge < -0.3 is 20.9 Å². The molecule has 1 amide bonds. The van der Waals surface area contributed by atoms with E-state index < -0.39 is 23.5 Å². The van der Waals surface area contributed by atoms with E-state index >= 15 is 0 Å². The normalized spacial score (nSPS) is 16.0. The molecule has 1 aliphatic rings. The number of aliphatic carboxylic acids is 1. The molecule has 0 bridgehead atoms. The van der Waals surface area contributed by atoms with Crippen LogP contribution in [0.3, 0.4) is 0 Å². The van der Waals surface area contributed by atoms with Crippen LogP contribution in [-0.4, -0.2) is 29.3 Å². The maximum Gasteiger partial charge on any atom is 0.408 e. The number of nitrogens with two attached hydrogens (primary N) is 1. The fourth-order valence-corrected chi connectivity index (χ4v) is 2.67. The summed E-state index contributed by atoms with van der Waals surface area (Å²) in [5, 5.41) is 11.4. The number of hydrogen-bond donors (Lipinski definition) is 3. The molecule has 1 aliphatic carbocycles. The smallest absolute Gasteiger partial charge is 0.408 e. The molecule has 0 spiro atoms. The molecule has 0 saturated heterocycles. The second-order valence-corrected chi connectivity index (χ2v) is 7.74. The van der Waals surface area contributed by atoms with Gasteiger partial charge in [-0.15, -0.1) is 0 Å². The van der Waals surface area contributed by atoms with Crippen molar-refractivity contribution in [3.63, 3.8) is 0 Å². The number of amides is 1. The molecule has 1 aromatic rings. The van der Waals surface area contributed by atoms with Crippen molar-refractivity contribution in [3.8, 4) is 0 Å². The van der Waals surface area contributed by atoms with Crippen molar-refractivity contribution in [2.45, 2.75) is 71.6 Å². The fourth-order valence-electron chi connectivity index (χ4n) is 2.67. The van der Waals surface area contributed by atoms with Crippen LogP contribution in [0.1, 0.15) is 58.4 Å². The number of carbonyl (C=O) groups excluding carboxylic acids is 1. The number of benzene rings is 1. The van der Waals surface area contributed by atoms with E-state index in [0.717, 1.165) is 5.56 Å². The average Bonchev–Trinajstić information content (AvgIpc) is 2.59. The highest BCUT2D eigenvalue weighted by atomic mass is 16.5. The van der Waals surface area contributed by atoms with E-state index in [2.05, 4.69) is 5.32 Å². The SMILES string of the molecule is CC(C)(C)[C@@H](NC(=O)OCc1ccccc1)C(=O)O.NC1CCCCC1. The molecule has 0 aliphatic heterocycles. The minimum Gasteiger partial charge on any atom is -0.480 e. The van der Waals surface area contributed by atoms with Crippen molar-refractivity contribution in [2.24, 2.45) is 11.1 Å². The van der Waals surface area contributed by atoms with Crippen molar-refractivity contribution in [1.29, 1.82) is 0 Å². The summed E-state index contributed by atoms with van der Waals surface area (Å²) in [4.78, 5) is 22.7. The second-order valence-electron chi connectivity index (χ2n) is 7.74. The second kappa shape index (κ2) is 10.8. The van der Waals surface area contributed by atoms with E-state index in [-0.39, 0.29) is 6.61 Å². The lowest BCUT2D eigenvalue weighted by atomic mass is 9.87. The first kappa shape index (κ1) is 22.0. The van der Waals surface area contributed by atoms with E-state index in [9.17, 15) is 9.59 Å². The van der Waals surface area contributed by atoms with Crippen molar-refractivity contribution in [2.75, 3.05) is 0 Å². The highest BCUT2D eigenvalue weighted by Gasteiger charge is 2.33. The van der Waals surface area contributed by atoms with E-state index in [4.69, 9.17) is 15.6 Å². The Bertz CT molecular complexity index is 549. The number of ether oxygens (including phenoxy) is 1. The number of hydrogen-bond acceptors (Lipinski definition) is 4. The number of alkyl carbamates (subject to hydrolysis) is 1. The summed E-state index contributed by atoms with van der Waals surface area (Å²) >= 11 is 0. The number of rotatable bonds is 4. The van der Waals surface area contributed by atoms with E-state index in [1.165, 1.54) is 32.1 Å². The average molecular weight is 364 g/mol. The van der Waals surface area contributed by atoms with Crippen LogP contribution in [0, 0.1) is 5.41 Å². The van der Waals surface area contributed by atoms with Crippen molar-refractivity contribution < 1.29 is 19.4 Å². The molecule has 1 atom stereocenters. The Kier molecular flexibility index (Phi) is 9.13. The summed E-state index contributed by atoms with van der Waals surface area (Å²) in [6, 6.07) is 8.74. The predicted molar refractivity (Wildman–Crippen MR) is 102 cm³/mol. The third kappa shape index (κ3) is 8.85. The van der Waals surface area contributed by atoms with Gasteiger partial charge in [0.15, 0.2) is 0 Å². The Morgan fingerprint density at radius 1 is 1.19 bits per heavy atom. The molecule has 2 rings (SSSR count). The lowest BCUT2D eigenvalue weighted by molar-refractivity contribution is -0.142. The highest BCUT2D eigenvalue weighted by Crippen LogP contribution is 2.19. The zero-order chi connectivity index (χ0) is 19.6. The molecule has 0 unspecified atom stereocenters. The third-order valence-corrected chi connectivity index (χ3v) is 4.24. The summed E-state index contributed by atoms with van der Waals surface area (Å²) in [5.41, 5.74) is 5.90.